The first kappa shape index (κ1) is 45.7. The molecule has 1 aromatic rings. The summed E-state index contributed by atoms with van der Waals surface area (Å²) in [5.41, 5.74) is 4.69. The number of carbonyl (C=O) groups is 4. The molecule has 0 spiro atoms. The van der Waals surface area contributed by atoms with Crippen LogP contribution in [0.5, 0.6) is 5.75 Å². The Morgan fingerprint density at radius 3 is 2.57 bits per heavy atom. The number of aliphatic hydroxyl groups is 1. The molecule has 0 radical (unpaired) electrons. The fourth-order valence-corrected chi connectivity index (χ4v) is 9.60. The van der Waals surface area contributed by atoms with Gasteiger partial charge in [-0.25, -0.2) is 9.59 Å². The summed E-state index contributed by atoms with van der Waals surface area (Å²) < 4.78 is 29.1. The molecule has 1 aromatic carbocycles. The highest BCUT2D eigenvalue weighted by Gasteiger charge is 2.57. The molecule has 17 heteroatoms. The van der Waals surface area contributed by atoms with E-state index < -0.39 is 59.8 Å². The van der Waals surface area contributed by atoms with Crippen LogP contribution < -0.4 is 20.7 Å². The van der Waals surface area contributed by atoms with Crippen molar-refractivity contribution < 1.29 is 48.0 Å². The van der Waals surface area contributed by atoms with Crippen molar-refractivity contribution in [2.45, 2.75) is 120 Å². The van der Waals surface area contributed by atoms with Crippen LogP contribution in [0.4, 0.5) is 10.5 Å². The third-order valence-electron chi connectivity index (χ3n) is 10.5. The lowest BCUT2D eigenvalue weighted by molar-refractivity contribution is -0.280. The first-order valence-corrected chi connectivity index (χ1v) is 21.3. The molecule has 2 unspecified atom stereocenters. The number of nitrogens with two attached hydrogens (primary N) is 1. The van der Waals surface area contributed by atoms with Gasteiger partial charge in [-0.3, -0.25) is 14.9 Å². The minimum atomic E-state index is -1.84. The van der Waals surface area contributed by atoms with Crippen LogP contribution in [0.15, 0.2) is 35.9 Å². The number of amides is 3. The molecule has 4 aliphatic rings. The highest BCUT2D eigenvalue weighted by molar-refractivity contribution is 8.77. The van der Waals surface area contributed by atoms with Crippen LogP contribution in [0.25, 0.3) is 0 Å². The number of carbonyl (C=O) groups excluding carboxylic acids is 4. The van der Waals surface area contributed by atoms with E-state index in [4.69, 9.17) is 41.0 Å². The van der Waals surface area contributed by atoms with Gasteiger partial charge in [-0.1, -0.05) is 57.0 Å². The van der Waals surface area contributed by atoms with E-state index in [1.807, 2.05) is 13.0 Å². The SMILES string of the molecule is COc1cc2cc(c1Cl)N(C)C(=O)C[C@H](OC(=O)[C@H](C)N(C)C(=O)CCC(C)(C)SSCCN)C1(C)C[C@@H](O1)C1C[C@@](O)(NC(=O)O1)[C@H](OC)/C=C/C=C(\C)C2. The summed E-state index contributed by atoms with van der Waals surface area (Å²) in [5.74, 6) is -0.208. The second-order valence-corrected chi connectivity index (χ2v) is 18.9. The molecule has 3 amide bonds. The number of rotatable bonds is 12. The highest BCUT2D eigenvalue weighted by Crippen LogP contribution is 2.44. The van der Waals surface area contributed by atoms with E-state index in [1.54, 1.807) is 73.8 Å². The molecule has 7 atom stereocenters. The number of esters is 1. The molecule has 6 bridgehead atoms. The molecule has 0 saturated carbocycles. The van der Waals surface area contributed by atoms with E-state index in [9.17, 15) is 24.3 Å². The second-order valence-electron chi connectivity index (χ2n) is 15.4. The molecular weight excluding hydrogens is 784 g/mol. The Labute approximate surface area is 342 Å². The monoisotopic (exact) mass is 840 g/mol. The Hall–Kier alpha value is -2.99. The molecule has 56 heavy (non-hydrogen) atoms. The number of allylic oxidation sites excluding steroid dienone is 3. The molecular formula is C39H57ClN4O10S2. The number of likely N-dealkylation sites (N-methyl/N-ethyl adjacent to an activating group) is 1. The molecule has 2 saturated heterocycles. The van der Waals surface area contributed by atoms with Crippen LogP contribution >= 0.6 is 33.2 Å². The number of ether oxygens (including phenoxy) is 5. The van der Waals surface area contributed by atoms with E-state index >= 15 is 0 Å². The van der Waals surface area contributed by atoms with Crippen molar-refractivity contribution in [2.24, 2.45) is 5.73 Å². The molecule has 0 aliphatic carbocycles. The number of methoxy groups -OCH3 is 2. The second kappa shape index (κ2) is 19.2. The van der Waals surface area contributed by atoms with Crippen LogP contribution in [0.1, 0.15) is 72.3 Å². The molecule has 4 N–H and O–H groups in total. The average molecular weight is 841 g/mol. The zero-order chi connectivity index (χ0) is 41.6. The number of hydrogen-bond acceptors (Lipinski definition) is 13. The maximum atomic E-state index is 14.1. The summed E-state index contributed by atoms with van der Waals surface area (Å²) >= 11 is 6.77. The predicted molar refractivity (Wildman–Crippen MR) is 219 cm³/mol. The summed E-state index contributed by atoms with van der Waals surface area (Å²) in [6.07, 6.45) is 1.78. The summed E-state index contributed by atoms with van der Waals surface area (Å²) in [5, 5.41) is 14.4. The average Bonchev–Trinajstić information content (AvgIpc) is 3.12. The van der Waals surface area contributed by atoms with Gasteiger partial charge in [0.15, 0.2) is 5.72 Å². The van der Waals surface area contributed by atoms with Crippen molar-refractivity contribution in [1.29, 1.82) is 0 Å². The van der Waals surface area contributed by atoms with E-state index in [0.717, 1.165) is 16.9 Å². The van der Waals surface area contributed by atoms with Gasteiger partial charge in [0.1, 0.15) is 40.7 Å². The minimum absolute atomic E-state index is 0.0771. The summed E-state index contributed by atoms with van der Waals surface area (Å²) in [4.78, 5) is 56.8. The summed E-state index contributed by atoms with van der Waals surface area (Å²) in [6, 6.07) is 2.60. The fraction of sp³-hybridized carbons (Fsp3) is 0.641. The number of halogens is 1. The van der Waals surface area contributed by atoms with Crippen molar-refractivity contribution in [1.82, 2.24) is 10.2 Å². The number of hydrogen-bond donors (Lipinski definition) is 3. The van der Waals surface area contributed by atoms with Crippen LogP contribution in [0.3, 0.4) is 0 Å². The molecule has 4 aliphatic heterocycles. The maximum Gasteiger partial charge on any atom is 0.409 e. The van der Waals surface area contributed by atoms with Crippen molar-refractivity contribution in [3.63, 3.8) is 0 Å². The first-order chi connectivity index (χ1) is 26.3. The van der Waals surface area contributed by atoms with Gasteiger partial charge in [-0.2, -0.15) is 0 Å². The van der Waals surface area contributed by atoms with E-state index in [2.05, 4.69) is 19.2 Å². The van der Waals surface area contributed by atoms with E-state index in [0.29, 0.717) is 30.8 Å². The molecule has 4 heterocycles. The van der Waals surface area contributed by atoms with Crippen LogP contribution in [-0.4, -0.2) is 121 Å². The Kier molecular flexibility index (Phi) is 15.7. The van der Waals surface area contributed by atoms with Crippen molar-refractivity contribution in [3.05, 3.63) is 46.5 Å². The van der Waals surface area contributed by atoms with Gasteiger partial charge in [-0.05, 0) is 65.2 Å². The Bertz CT molecular complexity index is 1670. The van der Waals surface area contributed by atoms with Crippen LogP contribution in [0.2, 0.25) is 5.02 Å². The number of nitrogens with zero attached hydrogens (tertiary/aromatic N) is 2. The summed E-state index contributed by atoms with van der Waals surface area (Å²) in [6.45, 7) is 9.89. The number of alkyl carbamates (subject to hydrolysis) is 1. The van der Waals surface area contributed by atoms with E-state index in [1.165, 1.54) is 24.0 Å². The third-order valence-corrected chi connectivity index (χ3v) is 14.2. The molecule has 2 fully saturated rings. The Balaban J connectivity index is 1.65. The van der Waals surface area contributed by atoms with Crippen molar-refractivity contribution in [2.75, 3.05) is 45.5 Å². The van der Waals surface area contributed by atoms with Gasteiger partial charge in [0.25, 0.3) is 0 Å². The normalized spacial score (nSPS) is 29.1. The van der Waals surface area contributed by atoms with Gasteiger partial charge < -0.3 is 44.3 Å². The van der Waals surface area contributed by atoms with Gasteiger partial charge in [0.2, 0.25) is 11.8 Å². The van der Waals surface area contributed by atoms with Gasteiger partial charge in [-0.15, -0.1) is 0 Å². The zero-order valence-electron chi connectivity index (χ0n) is 33.7. The lowest BCUT2D eigenvalue weighted by atomic mass is 9.79. The predicted octanol–water partition coefficient (Wildman–Crippen LogP) is 5.17. The Morgan fingerprint density at radius 2 is 1.93 bits per heavy atom. The number of fused-ring (bicyclic) bond motifs is 6. The topological polar surface area (TPSA) is 179 Å². The molecule has 0 aromatic heterocycles. The number of anilines is 1. The maximum absolute atomic E-state index is 14.1. The lowest BCUT2D eigenvalue weighted by Crippen LogP contribution is -2.68. The van der Waals surface area contributed by atoms with Gasteiger partial charge >= 0.3 is 12.1 Å². The molecule has 312 valence electrons. The molecule has 14 nitrogen and oxygen atoms in total. The van der Waals surface area contributed by atoms with Gasteiger partial charge in [0, 0.05) is 57.5 Å². The largest absolute Gasteiger partial charge is 0.495 e. The minimum Gasteiger partial charge on any atom is -0.495 e. The first-order valence-electron chi connectivity index (χ1n) is 18.6. The quantitative estimate of drug-likeness (QED) is 0.143. The Morgan fingerprint density at radius 1 is 1.23 bits per heavy atom. The third kappa shape index (κ3) is 11.1. The molecule has 5 rings (SSSR count). The smallest absolute Gasteiger partial charge is 0.409 e. The van der Waals surface area contributed by atoms with Crippen LogP contribution in [-0.2, 0) is 39.8 Å². The fourth-order valence-electron chi connectivity index (χ4n) is 6.86. The zero-order valence-corrected chi connectivity index (χ0v) is 36.1. The standard InChI is InChI=1S/C39H57ClN4O10S2/c1-23-11-10-12-30(51-9)39(49)22-28(52-36(48)42-39)29-21-38(5,54-29)31(20-33(46)44(7)26-18-25(17-23)19-27(50-8)34(26)40)53-35(47)24(2)43(6)32(45)13-14-37(3,4)56-55-16-15-41/h10-12,18-19,24,28-31,49H,13-17,20-22,41H2,1-9H3,(H,42,48)/b12-10+,23-11+/t24-,28?,29+,30+,31-,38?,39-/m0/s1. The number of nitrogens with one attached hydrogen (secondary N) is 1. The van der Waals surface area contributed by atoms with Crippen LogP contribution in [0, 0.1) is 0 Å². The van der Waals surface area contributed by atoms with Crippen molar-refractivity contribution in [3.8, 4) is 5.75 Å². The number of benzene rings is 1. The lowest BCUT2D eigenvalue weighted by Gasteiger charge is -2.53. The van der Waals surface area contributed by atoms with Crippen molar-refractivity contribution >= 4 is 62.8 Å². The highest BCUT2D eigenvalue weighted by atomic mass is 35.5. The van der Waals surface area contributed by atoms with E-state index in [-0.39, 0.29) is 41.4 Å². The summed E-state index contributed by atoms with van der Waals surface area (Å²) in [7, 11) is 9.38. The van der Waals surface area contributed by atoms with Gasteiger partial charge in [0.05, 0.1) is 25.3 Å².